The van der Waals surface area contributed by atoms with E-state index in [2.05, 4.69) is 17.2 Å². The van der Waals surface area contributed by atoms with Crippen LogP contribution in [0.3, 0.4) is 0 Å². The van der Waals surface area contributed by atoms with E-state index in [4.69, 9.17) is 0 Å². The molecule has 1 unspecified atom stereocenters. The number of aromatic nitrogens is 3. The molecule has 0 aromatic carbocycles. The second kappa shape index (κ2) is 6.22. The molecule has 0 aliphatic carbocycles. The molecule has 1 aromatic rings. The van der Waals surface area contributed by atoms with Crippen molar-refractivity contribution in [1.29, 1.82) is 0 Å². The van der Waals surface area contributed by atoms with Crippen LogP contribution in [0.5, 0.6) is 0 Å². The first-order valence-electron chi connectivity index (χ1n) is 6.87. The highest BCUT2D eigenvalue weighted by Crippen LogP contribution is 2.27. The molecule has 0 spiro atoms. The smallest absolute Gasteiger partial charge is 0.211 e. The summed E-state index contributed by atoms with van der Waals surface area (Å²) in [5.74, 6) is 0.356. The van der Waals surface area contributed by atoms with Crippen molar-refractivity contribution >= 4 is 10.0 Å². The number of nitrogens with zero attached hydrogens (tertiary/aromatic N) is 4. The zero-order valence-corrected chi connectivity index (χ0v) is 14.1. The van der Waals surface area contributed by atoms with Crippen LogP contribution < -0.4 is 0 Å². The summed E-state index contributed by atoms with van der Waals surface area (Å²) in [6.45, 7) is 8.78. The topological polar surface area (TPSA) is 68.1 Å². The minimum absolute atomic E-state index is 0.356. The molecule has 0 radical (unpaired) electrons. The first-order valence-corrected chi connectivity index (χ1v) is 8.72. The number of aryl methyl sites for hydroxylation is 1. The van der Waals surface area contributed by atoms with Gasteiger partial charge in [0.1, 0.15) is 0 Å². The maximum atomic E-state index is 11.7. The Morgan fingerprint density at radius 1 is 1.45 bits per heavy atom. The highest BCUT2D eigenvalue weighted by molar-refractivity contribution is 7.88. The molecule has 0 amide bonds. The van der Waals surface area contributed by atoms with Gasteiger partial charge in [0.25, 0.3) is 0 Å². The summed E-state index contributed by atoms with van der Waals surface area (Å²) in [5, 5.41) is 7.95. The van der Waals surface area contributed by atoms with Crippen LogP contribution in [-0.4, -0.2) is 46.6 Å². The Bertz CT molecular complexity index is 536. The van der Waals surface area contributed by atoms with Crippen LogP contribution in [0, 0.1) is 12.8 Å². The number of hydrogen-bond donors (Lipinski definition) is 0. The highest BCUT2D eigenvalue weighted by Gasteiger charge is 2.32. The Balaban J connectivity index is 2.80. The van der Waals surface area contributed by atoms with Gasteiger partial charge in [-0.15, -0.1) is 5.10 Å². The van der Waals surface area contributed by atoms with Gasteiger partial charge in [0.15, 0.2) is 0 Å². The van der Waals surface area contributed by atoms with Crippen molar-refractivity contribution in [1.82, 2.24) is 19.3 Å². The fourth-order valence-electron chi connectivity index (χ4n) is 2.36. The van der Waals surface area contributed by atoms with Gasteiger partial charge in [-0.25, -0.2) is 13.1 Å². The van der Waals surface area contributed by atoms with Crippen molar-refractivity contribution < 1.29 is 8.42 Å². The van der Waals surface area contributed by atoms with Crippen molar-refractivity contribution in [3.8, 4) is 0 Å². The summed E-state index contributed by atoms with van der Waals surface area (Å²) in [6.07, 6.45) is 4.74. The fraction of sp³-hybridized carbons (Fsp3) is 0.846. The average Bonchev–Trinajstić information content (AvgIpc) is 2.71. The molecule has 1 atom stereocenters. The van der Waals surface area contributed by atoms with Crippen LogP contribution in [0.15, 0.2) is 6.20 Å². The van der Waals surface area contributed by atoms with Crippen molar-refractivity contribution in [2.24, 2.45) is 5.92 Å². The minimum atomic E-state index is -3.19. The Morgan fingerprint density at radius 3 is 2.45 bits per heavy atom. The Kier molecular flexibility index (Phi) is 5.32. The van der Waals surface area contributed by atoms with Gasteiger partial charge in [0, 0.05) is 19.1 Å². The molecule has 116 valence electrons. The standard InChI is InChI=1S/C13H26N4O2S/c1-7-12(10-17-11(2)9-14-15-17)8-13(3,4)16(5)20(6,18)19/h9,12H,7-8,10H2,1-6H3. The van der Waals surface area contributed by atoms with Gasteiger partial charge in [-0.2, -0.15) is 4.31 Å². The first-order chi connectivity index (χ1) is 9.08. The maximum absolute atomic E-state index is 11.7. The molecule has 20 heavy (non-hydrogen) atoms. The van der Waals surface area contributed by atoms with E-state index < -0.39 is 15.6 Å². The third-order valence-electron chi connectivity index (χ3n) is 3.96. The molecule has 6 nitrogen and oxygen atoms in total. The second-order valence-corrected chi connectivity index (χ2v) is 8.09. The summed E-state index contributed by atoms with van der Waals surface area (Å²) in [4.78, 5) is 0. The summed E-state index contributed by atoms with van der Waals surface area (Å²) in [5.41, 5.74) is 0.612. The Hall–Kier alpha value is -0.950. The fourth-order valence-corrected chi connectivity index (χ4v) is 3.33. The summed E-state index contributed by atoms with van der Waals surface area (Å²) in [7, 11) is -1.54. The van der Waals surface area contributed by atoms with E-state index in [0.717, 1.165) is 25.1 Å². The lowest BCUT2D eigenvalue weighted by molar-refractivity contribution is 0.195. The molecule has 0 fully saturated rings. The van der Waals surface area contributed by atoms with E-state index in [1.165, 1.54) is 10.6 Å². The number of rotatable bonds is 7. The molecule has 7 heteroatoms. The third kappa shape index (κ3) is 4.28. The van der Waals surface area contributed by atoms with E-state index in [0.29, 0.717) is 5.92 Å². The van der Waals surface area contributed by atoms with E-state index in [9.17, 15) is 8.42 Å². The van der Waals surface area contributed by atoms with Crippen LogP contribution in [-0.2, 0) is 16.6 Å². The third-order valence-corrected chi connectivity index (χ3v) is 5.45. The predicted octanol–water partition coefficient (Wildman–Crippen LogP) is 1.67. The van der Waals surface area contributed by atoms with Gasteiger partial charge in [0.2, 0.25) is 10.0 Å². The lowest BCUT2D eigenvalue weighted by Gasteiger charge is -2.36. The average molecular weight is 302 g/mol. The summed E-state index contributed by atoms with van der Waals surface area (Å²) >= 11 is 0. The highest BCUT2D eigenvalue weighted by atomic mass is 32.2. The van der Waals surface area contributed by atoms with E-state index >= 15 is 0 Å². The molecule has 0 saturated heterocycles. The van der Waals surface area contributed by atoms with Crippen LogP contribution in [0.4, 0.5) is 0 Å². The van der Waals surface area contributed by atoms with Gasteiger partial charge in [-0.1, -0.05) is 18.6 Å². The molecular formula is C13H26N4O2S. The lowest BCUT2D eigenvalue weighted by atomic mass is 9.89. The van der Waals surface area contributed by atoms with Crippen LogP contribution in [0.1, 0.15) is 39.3 Å². The van der Waals surface area contributed by atoms with Crippen molar-refractivity contribution in [3.63, 3.8) is 0 Å². The van der Waals surface area contributed by atoms with Crippen LogP contribution in [0.25, 0.3) is 0 Å². The molecule has 0 bridgehead atoms. The quantitative estimate of drug-likeness (QED) is 0.768. The second-order valence-electron chi connectivity index (χ2n) is 6.08. The first kappa shape index (κ1) is 17.1. The number of sulfonamides is 1. The zero-order chi connectivity index (χ0) is 15.6. The molecule has 0 aliphatic rings. The monoisotopic (exact) mass is 302 g/mol. The van der Waals surface area contributed by atoms with Gasteiger partial charge < -0.3 is 0 Å². The molecule has 0 saturated carbocycles. The summed E-state index contributed by atoms with van der Waals surface area (Å²) < 4.78 is 26.8. The Labute approximate surface area is 122 Å². The Morgan fingerprint density at radius 2 is 2.05 bits per heavy atom. The largest absolute Gasteiger partial charge is 0.249 e. The lowest BCUT2D eigenvalue weighted by Crippen LogP contribution is -2.46. The van der Waals surface area contributed by atoms with Crippen molar-refractivity contribution in [2.75, 3.05) is 13.3 Å². The summed E-state index contributed by atoms with van der Waals surface area (Å²) in [6, 6.07) is 0. The van der Waals surface area contributed by atoms with Gasteiger partial charge in [-0.3, -0.25) is 0 Å². The molecule has 1 heterocycles. The molecule has 1 aromatic heterocycles. The SMILES string of the molecule is CCC(Cn1nncc1C)CC(C)(C)N(C)S(C)(=O)=O. The molecule has 1 rings (SSSR count). The van der Waals surface area contributed by atoms with E-state index in [1.807, 2.05) is 25.5 Å². The van der Waals surface area contributed by atoms with Gasteiger partial charge >= 0.3 is 0 Å². The zero-order valence-electron chi connectivity index (χ0n) is 13.3. The van der Waals surface area contributed by atoms with E-state index in [-0.39, 0.29) is 0 Å². The van der Waals surface area contributed by atoms with E-state index in [1.54, 1.807) is 13.2 Å². The molecule has 0 N–H and O–H groups in total. The number of hydrogen-bond acceptors (Lipinski definition) is 4. The van der Waals surface area contributed by atoms with Gasteiger partial charge in [-0.05, 0) is 33.1 Å². The van der Waals surface area contributed by atoms with Crippen LogP contribution >= 0.6 is 0 Å². The maximum Gasteiger partial charge on any atom is 0.211 e. The molecule has 0 aliphatic heterocycles. The van der Waals surface area contributed by atoms with Crippen molar-refractivity contribution in [3.05, 3.63) is 11.9 Å². The molecular weight excluding hydrogens is 276 g/mol. The van der Waals surface area contributed by atoms with Crippen molar-refractivity contribution in [2.45, 2.75) is 52.6 Å². The normalized spacial score (nSPS) is 14.8. The minimum Gasteiger partial charge on any atom is -0.249 e. The van der Waals surface area contributed by atoms with Crippen LogP contribution in [0.2, 0.25) is 0 Å². The predicted molar refractivity (Wildman–Crippen MR) is 79.8 cm³/mol. The van der Waals surface area contributed by atoms with Gasteiger partial charge in [0.05, 0.1) is 18.1 Å².